The van der Waals surface area contributed by atoms with Crippen molar-refractivity contribution in [2.24, 2.45) is 0 Å². The lowest BCUT2D eigenvalue weighted by molar-refractivity contribution is 0.218. The van der Waals surface area contributed by atoms with Crippen molar-refractivity contribution in [2.45, 2.75) is 69.1 Å². The van der Waals surface area contributed by atoms with Crippen LogP contribution >= 0.6 is 15.9 Å². The smallest absolute Gasteiger partial charge is 0.0600 e. The van der Waals surface area contributed by atoms with Crippen LogP contribution in [0.4, 0.5) is 5.69 Å². The second-order valence-corrected chi connectivity index (χ2v) is 10.9. The molecule has 0 radical (unpaired) electrons. The van der Waals surface area contributed by atoms with Crippen LogP contribution in [0, 0.1) is 0 Å². The van der Waals surface area contributed by atoms with Crippen LogP contribution in [0.2, 0.25) is 0 Å². The van der Waals surface area contributed by atoms with E-state index in [1.54, 1.807) is 0 Å². The van der Waals surface area contributed by atoms with E-state index in [0.29, 0.717) is 12.1 Å². The van der Waals surface area contributed by atoms with Gasteiger partial charge in [0, 0.05) is 28.3 Å². The lowest BCUT2D eigenvalue weighted by Crippen LogP contribution is -2.52. The molecule has 4 atom stereocenters. The van der Waals surface area contributed by atoms with Crippen molar-refractivity contribution in [1.82, 2.24) is 4.90 Å². The number of anilines is 1. The van der Waals surface area contributed by atoms with Crippen molar-refractivity contribution in [3.05, 3.63) is 113 Å². The van der Waals surface area contributed by atoms with Crippen LogP contribution in [0.3, 0.4) is 0 Å². The molecule has 34 heavy (non-hydrogen) atoms. The quantitative estimate of drug-likeness (QED) is 0.354. The maximum Gasteiger partial charge on any atom is 0.0600 e. The third-order valence-corrected chi connectivity index (χ3v) is 7.95. The van der Waals surface area contributed by atoms with Crippen molar-refractivity contribution in [2.75, 3.05) is 4.90 Å². The van der Waals surface area contributed by atoms with Gasteiger partial charge in [-0.25, -0.2) is 0 Å². The van der Waals surface area contributed by atoms with Crippen molar-refractivity contribution in [1.29, 1.82) is 0 Å². The highest BCUT2D eigenvalue weighted by Gasteiger charge is 2.37. The first-order chi connectivity index (χ1) is 16.6. The summed E-state index contributed by atoms with van der Waals surface area (Å²) in [6.07, 6.45) is 34.5. The molecule has 0 fully saturated rings. The Bertz CT molecular complexity index is 1070. The molecule has 0 spiro atoms. The molecule has 0 aliphatic heterocycles. The maximum atomic E-state index is 3.92. The van der Waals surface area contributed by atoms with E-state index in [-0.39, 0.29) is 11.6 Å². The Hall–Kier alpha value is -2.52. The average molecular weight is 516 g/mol. The number of hydrogen-bond acceptors (Lipinski definition) is 2. The monoisotopic (exact) mass is 514 g/mol. The van der Waals surface area contributed by atoms with E-state index in [9.17, 15) is 0 Å². The Balaban J connectivity index is 1.51. The lowest BCUT2D eigenvalue weighted by atomic mass is 9.86. The fourth-order valence-electron chi connectivity index (χ4n) is 5.89. The Labute approximate surface area is 213 Å². The molecule has 4 unspecified atom stereocenters. The van der Waals surface area contributed by atoms with E-state index in [2.05, 4.69) is 136 Å². The Kier molecular flexibility index (Phi) is 7.10. The minimum Gasteiger partial charge on any atom is -0.362 e. The predicted octanol–water partition coefficient (Wildman–Crippen LogP) is 8.00. The molecule has 5 rings (SSSR count). The summed E-state index contributed by atoms with van der Waals surface area (Å²) in [5.74, 6) is 0. The molecule has 0 bridgehead atoms. The number of halogens is 1. The fourth-order valence-corrected chi connectivity index (χ4v) is 6.46. The van der Waals surface area contributed by atoms with E-state index in [0.717, 1.165) is 19.3 Å². The van der Waals surface area contributed by atoms with Crippen LogP contribution in [0.25, 0.3) is 0 Å². The van der Waals surface area contributed by atoms with E-state index < -0.39 is 0 Å². The van der Waals surface area contributed by atoms with E-state index in [1.165, 1.54) is 35.1 Å². The van der Waals surface area contributed by atoms with Gasteiger partial charge in [0.25, 0.3) is 0 Å². The van der Waals surface area contributed by atoms with Crippen molar-refractivity contribution >= 4 is 21.6 Å². The predicted molar refractivity (Wildman–Crippen MR) is 149 cm³/mol. The van der Waals surface area contributed by atoms with Crippen LogP contribution < -0.4 is 4.90 Å². The number of nitrogens with zero attached hydrogens (tertiary/aromatic N) is 2. The van der Waals surface area contributed by atoms with Gasteiger partial charge in [-0.2, -0.15) is 0 Å². The van der Waals surface area contributed by atoms with Gasteiger partial charge in [-0.15, -0.1) is 0 Å². The highest BCUT2D eigenvalue weighted by molar-refractivity contribution is 9.11. The normalized spacial score (nSPS) is 30.1. The molecular weight excluding hydrogens is 480 g/mol. The van der Waals surface area contributed by atoms with Crippen LogP contribution in [0.5, 0.6) is 0 Å². The molecule has 4 aliphatic carbocycles. The van der Waals surface area contributed by atoms with Crippen molar-refractivity contribution in [3.8, 4) is 0 Å². The summed E-state index contributed by atoms with van der Waals surface area (Å²) >= 11 is 3.92. The highest BCUT2D eigenvalue weighted by Crippen LogP contribution is 2.39. The van der Waals surface area contributed by atoms with Gasteiger partial charge >= 0.3 is 0 Å². The first kappa shape index (κ1) is 23.2. The Morgan fingerprint density at radius 1 is 0.912 bits per heavy atom. The lowest BCUT2D eigenvalue weighted by Gasteiger charge is -2.49. The van der Waals surface area contributed by atoms with Gasteiger partial charge in [-0.3, -0.25) is 0 Å². The minimum atomic E-state index is -0.0734. The summed E-state index contributed by atoms with van der Waals surface area (Å²) in [5.41, 5.74) is 2.63. The van der Waals surface area contributed by atoms with Crippen LogP contribution in [-0.4, -0.2) is 28.6 Å². The summed E-state index contributed by atoms with van der Waals surface area (Å²) in [4.78, 5) is 5.34. The molecule has 176 valence electrons. The summed E-state index contributed by atoms with van der Waals surface area (Å²) in [6, 6.07) is 12.1. The van der Waals surface area contributed by atoms with Gasteiger partial charge in [0.2, 0.25) is 0 Å². The fraction of sp³-hybridized carbons (Fsp3) is 0.355. The third-order valence-electron chi connectivity index (χ3n) is 7.46. The van der Waals surface area contributed by atoms with Crippen molar-refractivity contribution < 1.29 is 0 Å². The second kappa shape index (κ2) is 10.4. The SMILES string of the molecule is CC1(N(c2ccccc2)C2C=C(Br)C=C(N(C3C=CC=CC3)C3C=CCCC3)C2)C=CC=CC1. The molecule has 0 saturated heterocycles. The molecule has 0 aromatic heterocycles. The minimum absolute atomic E-state index is 0.0734. The molecule has 3 heteroatoms. The second-order valence-electron chi connectivity index (χ2n) is 9.96. The third kappa shape index (κ3) is 4.95. The van der Waals surface area contributed by atoms with Gasteiger partial charge in [0.05, 0.1) is 17.6 Å². The van der Waals surface area contributed by atoms with Crippen LogP contribution in [-0.2, 0) is 0 Å². The van der Waals surface area contributed by atoms with Gasteiger partial charge in [-0.1, -0.05) is 94.9 Å². The highest BCUT2D eigenvalue weighted by atomic mass is 79.9. The summed E-state index contributed by atoms with van der Waals surface area (Å²) in [7, 11) is 0. The van der Waals surface area contributed by atoms with E-state index >= 15 is 0 Å². The van der Waals surface area contributed by atoms with Crippen LogP contribution in [0.1, 0.15) is 45.4 Å². The molecule has 0 saturated carbocycles. The van der Waals surface area contributed by atoms with Gasteiger partial charge < -0.3 is 9.80 Å². The summed E-state index contributed by atoms with van der Waals surface area (Å²) in [5, 5.41) is 0. The summed E-state index contributed by atoms with van der Waals surface area (Å²) < 4.78 is 1.18. The van der Waals surface area contributed by atoms with Gasteiger partial charge in [0.15, 0.2) is 0 Å². The van der Waals surface area contributed by atoms with E-state index in [1.807, 2.05) is 0 Å². The first-order valence-corrected chi connectivity index (χ1v) is 13.5. The molecule has 0 N–H and O–H groups in total. The number of para-hydroxylation sites is 1. The number of rotatable bonds is 6. The topological polar surface area (TPSA) is 6.48 Å². The molecule has 1 aromatic carbocycles. The number of benzene rings is 1. The zero-order chi connectivity index (χ0) is 23.4. The van der Waals surface area contributed by atoms with Crippen LogP contribution in [0.15, 0.2) is 113 Å². The molecule has 0 heterocycles. The zero-order valence-corrected chi connectivity index (χ0v) is 21.6. The van der Waals surface area contributed by atoms with Crippen molar-refractivity contribution in [3.63, 3.8) is 0 Å². The number of hydrogen-bond donors (Lipinski definition) is 0. The van der Waals surface area contributed by atoms with Gasteiger partial charge in [-0.05, 0) is 63.3 Å². The largest absolute Gasteiger partial charge is 0.362 e. The molecule has 1 aromatic rings. The molecule has 4 aliphatic rings. The summed E-state index contributed by atoms with van der Waals surface area (Å²) in [6.45, 7) is 2.37. The van der Waals surface area contributed by atoms with Gasteiger partial charge in [0.1, 0.15) is 0 Å². The zero-order valence-electron chi connectivity index (χ0n) is 20.1. The number of allylic oxidation sites excluding steroid dienone is 7. The standard InChI is InChI=1S/C31H35BrN2/c1-31(20-12-5-13-21-31)34(28-18-10-4-11-19-28)30-23-25(32)22-29(24-30)33(26-14-6-2-7-15-26)27-16-8-3-9-17-27/h2,4-8,10-14,16,18-20,22-23,26-27,30H,3,9,15,17,21,24H2,1H3. The Morgan fingerprint density at radius 2 is 1.76 bits per heavy atom. The maximum absolute atomic E-state index is 3.92. The first-order valence-electron chi connectivity index (χ1n) is 12.7. The van der Waals surface area contributed by atoms with E-state index in [4.69, 9.17) is 0 Å². The molecular formula is C31H35BrN2. The average Bonchev–Trinajstić information content (AvgIpc) is 2.86. The molecule has 2 nitrogen and oxygen atoms in total. The molecule has 0 amide bonds. The Morgan fingerprint density at radius 3 is 2.47 bits per heavy atom.